The van der Waals surface area contributed by atoms with Crippen molar-refractivity contribution in [2.24, 2.45) is 0 Å². The molecule has 0 aliphatic heterocycles. The molecule has 3 aromatic rings. The number of hydrogen-bond donors (Lipinski definition) is 0. The Bertz CT molecular complexity index is 1120. The van der Waals surface area contributed by atoms with E-state index in [1.807, 2.05) is 48.2 Å². The molecule has 0 bridgehead atoms. The molecule has 0 saturated heterocycles. The summed E-state index contributed by atoms with van der Waals surface area (Å²) < 4.78 is 2.22. The minimum absolute atomic E-state index is 0.0186. The van der Waals surface area contributed by atoms with Gasteiger partial charge in [0.15, 0.2) is 0 Å². The highest BCUT2D eigenvalue weighted by Gasteiger charge is 2.25. The SMILES string of the molecule is CCCCN(Cc1cccn1Cc1cccc(C)c1)C(=O)CN(C(=O)CCc1ccccc1)C(C)CC. The molecule has 0 N–H and O–H groups in total. The lowest BCUT2D eigenvalue weighted by atomic mass is 10.1. The summed E-state index contributed by atoms with van der Waals surface area (Å²) in [5, 5.41) is 0. The van der Waals surface area contributed by atoms with Gasteiger partial charge in [0.1, 0.15) is 0 Å². The van der Waals surface area contributed by atoms with E-state index < -0.39 is 0 Å². The molecule has 3 rings (SSSR count). The third-order valence-corrected chi connectivity index (χ3v) is 7.07. The zero-order valence-corrected chi connectivity index (χ0v) is 23.0. The molecule has 0 aliphatic carbocycles. The summed E-state index contributed by atoms with van der Waals surface area (Å²) in [5.41, 5.74) is 4.74. The highest BCUT2D eigenvalue weighted by Crippen LogP contribution is 2.15. The number of benzene rings is 2. The van der Waals surface area contributed by atoms with Gasteiger partial charge in [0.2, 0.25) is 11.8 Å². The van der Waals surface area contributed by atoms with Gasteiger partial charge in [-0.1, -0.05) is 80.4 Å². The van der Waals surface area contributed by atoms with Crippen LogP contribution in [0.15, 0.2) is 72.9 Å². The maximum absolute atomic E-state index is 13.6. The maximum Gasteiger partial charge on any atom is 0.242 e. The van der Waals surface area contributed by atoms with Crippen LogP contribution in [-0.4, -0.2) is 45.3 Å². The van der Waals surface area contributed by atoms with Gasteiger partial charge in [-0.2, -0.15) is 0 Å². The van der Waals surface area contributed by atoms with Gasteiger partial charge in [0.05, 0.1) is 13.1 Å². The predicted octanol–water partition coefficient (Wildman–Crippen LogP) is 6.23. The van der Waals surface area contributed by atoms with E-state index in [4.69, 9.17) is 0 Å². The quantitative estimate of drug-likeness (QED) is 0.263. The average molecular weight is 502 g/mol. The molecule has 2 amide bonds. The van der Waals surface area contributed by atoms with Crippen LogP contribution in [0, 0.1) is 6.92 Å². The van der Waals surface area contributed by atoms with Crippen LogP contribution in [0.2, 0.25) is 0 Å². The molecule has 0 aliphatic rings. The van der Waals surface area contributed by atoms with Gasteiger partial charge in [-0.15, -0.1) is 0 Å². The summed E-state index contributed by atoms with van der Waals surface area (Å²) in [4.78, 5) is 30.6. The minimum atomic E-state index is 0.0186. The lowest BCUT2D eigenvalue weighted by Crippen LogP contribution is -2.46. The fourth-order valence-electron chi connectivity index (χ4n) is 4.59. The van der Waals surface area contributed by atoms with Crippen molar-refractivity contribution in [3.05, 3.63) is 95.3 Å². The summed E-state index contributed by atoms with van der Waals surface area (Å²) in [6, 6.07) is 22.8. The largest absolute Gasteiger partial charge is 0.345 e. The number of hydrogen-bond acceptors (Lipinski definition) is 2. The number of aromatic nitrogens is 1. The lowest BCUT2D eigenvalue weighted by molar-refractivity contribution is -0.142. The predicted molar refractivity (Wildman–Crippen MR) is 151 cm³/mol. The van der Waals surface area contributed by atoms with Crippen LogP contribution in [0.4, 0.5) is 0 Å². The summed E-state index contributed by atoms with van der Waals surface area (Å²) in [5.74, 6) is 0.0648. The van der Waals surface area contributed by atoms with Crippen molar-refractivity contribution in [1.82, 2.24) is 14.4 Å². The Morgan fingerprint density at radius 1 is 0.919 bits per heavy atom. The first-order valence-corrected chi connectivity index (χ1v) is 13.7. The van der Waals surface area contributed by atoms with Gasteiger partial charge in [0.25, 0.3) is 0 Å². The van der Waals surface area contributed by atoms with Crippen LogP contribution in [0.3, 0.4) is 0 Å². The Balaban J connectivity index is 1.70. The number of nitrogens with zero attached hydrogens (tertiary/aromatic N) is 3. The van der Waals surface area contributed by atoms with E-state index in [0.29, 0.717) is 25.9 Å². The van der Waals surface area contributed by atoms with Gasteiger partial charge < -0.3 is 14.4 Å². The number of carbonyl (C=O) groups excluding carboxylic acids is 2. The van der Waals surface area contributed by atoms with Crippen LogP contribution >= 0.6 is 0 Å². The molecule has 198 valence electrons. The molecule has 0 fully saturated rings. The number of amides is 2. The first kappa shape index (κ1) is 28.2. The van der Waals surface area contributed by atoms with Crippen LogP contribution in [-0.2, 0) is 29.1 Å². The Kier molecular flexibility index (Phi) is 11.0. The molecule has 1 aromatic heterocycles. The Hall–Kier alpha value is -3.34. The van der Waals surface area contributed by atoms with E-state index in [1.54, 1.807) is 4.90 Å². The molecule has 0 spiro atoms. The molecule has 2 aromatic carbocycles. The van der Waals surface area contributed by atoms with Crippen molar-refractivity contribution in [3.63, 3.8) is 0 Å². The van der Waals surface area contributed by atoms with Crippen LogP contribution in [0.1, 0.15) is 68.8 Å². The maximum atomic E-state index is 13.6. The third-order valence-electron chi connectivity index (χ3n) is 7.07. The monoisotopic (exact) mass is 501 g/mol. The zero-order chi connectivity index (χ0) is 26.6. The van der Waals surface area contributed by atoms with E-state index in [9.17, 15) is 9.59 Å². The summed E-state index contributed by atoms with van der Waals surface area (Å²) in [6.07, 6.45) is 5.95. The highest BCUT2D eigenvalue weighted by atomic mass is 16.2. The second-order valence-electron chi connectivity index (χ2n) is 10.0. The number of aryl methyl sites for hydroxylation is 2. The van der Waals surface area contributed by atoms with Crippen molar-refractivity contribution in [3.8, 4) is 0 Å². The fourth-order valence-corrected chi connectivity index (χ4v) is 4.59. The Morgan fingerprint density at radius 3 is 2.38 bits per heavy atom. The minimum Gasteiger partial charge on any atom is -0.345 e. The van der Waals surface area contributed by atoms with Gasteiger partial charge in [0, 0.05) is 37.4 Å². The number of unbranched alkanes of at least 4 members (excludes halogenated alkanes) is 1. The molecule has 5 heteroatoms. The smallest absolute Gasteiger partial charge is 0.242 e. The molecule has 1 atom stereocenters. The molecular formula is C32H43N3O2. The van der Waals surface area contributed by atoms with Crippen LogP contribution in [0.5, 0.6) is 0 Å². The Labute approximate surface area is 223 Å². The van der Waals surface area contributed by atoms with E-state index in [0.717, 1.165) is 37.1 Å². The second kappa shape index (κ2) is 14.4. The van der Waals surface area contributed by atoms with Gasteiger partial charge in [-0.05, 0) is 56.4 Å². The van der Waals surface area contributed by atoms with E-state index in [2.05, 4.69) is 61.9 Å². The number of rotatable bonds is 14. The molecule has 0 saturated carbocycles. The van der Waals surface area contributed by atoms with Crippen molar-refractivity contribution in [2.45, 2.75) is 78.9 Å². The van der Waals surface area contributed by atoms with Crippen LogP contribution < -0.4 is 0 Å². The highest BCUT2D eigenvalue weighted by molar-refractivity contribution is 5.85. The third kappa shape index (κ3) is 8.63. The number of carbonyl (C=O) groups is 2. The summed E-state index contributed by atoms with van der Waals surface area (Å²) >= 11 is 0. The lowest BCUT2D eigenvalue weighted by Gasteiger charge is -2.31. The molecule has 5 nitrogen and oxygen atoms in total. The topological polar surface area (TPSA) is 45.6 Å². The first-order chi connectivity index (χ1) is 17.9. The van der Waals surface area contributed by atoms with Crippen molar-refractivity contribution in [2.75, 3.05) is 13.1 Å². The first-order valence-electron chi connectivity index (χ1n) is 13.7. The average Bonchev–Trinajstić information content (AvgIpc) is 3.34. The standard InChI is InChI=1S/C32H43N3O2/c1-5-7-20-34(24-30-17-12-21-33(30)23-29-16-11-13-26(3)22-29)32(37)25-35(27(4)6-2)31(36)19-18-28-14-9-8-10-15-28/h8-17,21-22,27H,5-7,18-20,23-25H2,1-4H3. The summed E-state index contributed by atoms with van der Waals surface area (Å²) in [7, 11) is 0. The van der Waals surface area contributed by atoms with Crippen molar-refractivity contribution in [1.29, 1.82) is 0 Å². The molecule has 1 heterocycles. The molecule has 37 heavy (non-hydrogen) atoms. The van der Waals surface area contributed by atoms with Gasteiger partial charge in [-0.3, -0.25) is 9.59 Å². The normalized spacial score (nSPS) is 11.8. The van der Waals surface area contributed by atoms with Crippen molar-refractivity contribution < 1.29 is 9.59 Å². The van der Waals surface area contributed by atoms with Gasteiger partial charge >= 0.3 is 0 Å². The van der Waals surface area contributed by atoms with Gasteiger partial charge in [-0.25, -0.2) is 0 Å². The van der Waals surface area contributed by atoms with Crippen molar-refractivity contribution >= 4 is 11.8 Å². The molecule has 0 radical (unpaired) electrons. The van der Waals surface area contributed by atoms with E-state index >= 15 is 0 Å². The van der Waals surface area contributed by atoms with E-state index in [1.165, 1.54) is 11.1 Å². The summed E-state index contributed by atoms with van der Waals surface area (Å²) in [6.45, 7) is 10.5. The Morgan fingerprint density at radius 2 is 1.68 bits per heavy atom. The zero-order valence-electron chi connectivity index (χ0n) is 23.0. The second-order valence-corrected chi connectivity index (χ2v) is 10.0. The fraction of sp³-hybridized carbons (Fsp3) is 0.438. The molecule has 1 unspecified atom stereocenters. The van der Waals surface area contributed by atoms with E-state index in [-0.39, 0.29) is 24.4 Å². The van der Waals surface area contributed by atoms with Crippen LogP contribution in [0.25, 0.3) is 0 Å². The molecular weight excluding hydrogens is 458 g/mol.